The van der Waals surface area contributed by atoms with Crippen LogP contribution >= 0.6 is 0 Å². The number of para-hydroxylation sites is 1. The largest absolute Gasteiger partial charge is 0.381 e. The minimum atomic E-state index is -0.529. The number of carbonyl (C=O) groups excluding carboxylic acids is 1. The van der Waals surface area contributed by atoms with Crippen LogP contribution in [0, 0.1) is 6.92 Å². The molecule has 170 valence electrons. The molecule has 5 rings (SSSR count). The van der Waals surface area contributed by atoms with Crippen LogP contribution in [0.1, 0.15) is 37.3 Å². The van der Waals surface area contributed by atoms with Crippen molar-refractivity contribution >= 4 is 28.2 Å². The van der Waals surface area contributed by atoms with E-state index in [1.54, 1.807) is 0 Å². The topological polar surface area (TPSA) is 66.5 Å². The highest BCUT2D eigenvalue weighted by molar-refractivity contribution is 5.83. The van der Waals surface area contributed by atoms with E-state index in [1.807, 2.05) is 35.4 Å². The first-order valence-corrected chi connectivity index (χ1v) is 11.5. The summed E-state index contributed by atoms with van der Waals surface area (Å²) in [6, 6.07) is 16.5. The van der Waals surface area contributed by atoms with Crippen LogP contribution in [-0.4, -0.2) is 35.0 Å². The summed E-state index contributed by atoms with van der Waals surface area (Å²) < 4.78 is 5.47. The molecule has 2 aliphatic heterocycles. The van der Waals surface area contributed by atoms with Gasteiger partial charge in [0, 0.05) is 30.3 Å². The van der Waals surface area contributed by atoms with E-state index in [0.29, 0.717) is 25.5 Å². The summed E-state index contributed by atoms with van der Waals surface area (Å²) in [6.45, 7) is 9.78. The summed E-state index contributed by atoms with van der Waals surface area (Å²) in [5, 5.41) is 8.18. The lowest BCUT2D eigenvalue weighted by molar-refractivity contribution is -0.137. The zero-order chi connectivity index (χ0) is 23.0. The minimum absolute atomic E-state index is 0.115. The molecule has 3 heterocycles. The lowest BCUT2D eigenvalue weighted by Gasteiger charge is -2.46. The molecule has 2 aliphatic rings. The number of ether oxygens (including phenoxy) is 1. The van der Waals surface area contributed by atoms with E-state index in [1.165, 1.54) is 0 Å². The fourth-order valence-corrected chi connectivity index (χ4v) is 5.15. The van der Waals surface area contributed by atoms with Crippen molar-refractivity contribution in [3.63, 3.8) is 0 Å². The Labute approximate surface area is 194 Å². The Kier molecular flexibility index (Phi) is 5.54. The Morgan fingerprint density at radius 3 is 2.76 bits per heavy atom. The summed E-state index contributed by atoms with van der Waals surface area (Å²) in [5.41, 5.74) is 4.56. The van der Waals surface area contributed by atoms with E-state index in [9.17, 15) is 4.79 Å². The molecule has 0 bridgehead atoms. The fourth-order valence-electron chi connectivity index (χ4n) is 5.15. The average molecular weight is 443 g/mol. The molecule has 1 amide bonds. The molecule has 0 aliphatic carbocycles. The second-order valence-corrected chi connectivity index (χ2v) is 9.21. The summed E-state index contributed by atoms with van der Waals surface area (Å²) in [4.78, 5) is 19.7. The third kappa shape index (κ3) is 4.07. The molecule has 0 spiro atoms. The summed E-state index contributed by atoms with van der Waals surface area (Å²) in [5.74, 6) is 0.793. The van der Waals surface area contributed by atoms with Crippen LogP contribution in [0.15, 0.2) is 67.1 Å². The third-order valence-corrected chi connectivity index (χ3v) is 6.84. The Bertz CT molecular complexity index is 1200. The molecule has 6 heteroatoms. The standard InChI is InChI=1S/C27H30N4O2/c1-18-23(27(3)16-26(32)31(19(2)30-27)22-11-13-33-14-12-22)8-6-10-24(18)29-21-15-20-7-4-5-9-25(20)28-17-21/h4-10,15,17,22,29-30H,2,11-14,16H2,1,3H3/t27-/m0/s1. The van der Waals surface area contributed by atoms with Crippen LogP contribution < -0.4 is 10.6 Å². The number of carbonyl (C=O) groups is 1. The SMILES string of the molecule is C=C1N[C@](C)(c2cccc(Nc3cnc4ccccc4c3)c2C)CC(=O)N1C1CCOCC1. The first-order valence-electron chi connectivity index (χ1n) is 11.5. The number of nitrogens with one attached hydrogen (secondary N) is 2. The number of nitrogens with zero attached hydrogens (tertiary/aromatic N) is 2. The monoisotopic (exact) mass is 442 g/mol. The second kappa shape index (κ2) is 8.52. The molecule has 6 nitrogen and oxygen atoms in total. The normalized spacial score (nSPS) is 21.8. The number of amides is 1. The van der Waals surface area contributed by atoms with E-state index in [-0.39, 0.29) is 11.9 Å². The number of benzene rings is 2. The van der Waals surface area contributed by atoms with Gasteiger partial charge in [-0.05, 0) is 56.0 Å². The highest BCUT2D eigenvalue weighted by atomic mass is 16.5. The van der Waals surface area contributed by atoms with Crippen LogP contribution in [0.3, 0.4) is 0 Å². The van der Waals surface area contributed by atoms with Gasteiger partial charge in [0.05, 0.1) is 29.4 Å². The number of aromatic nitrogens is 1. The fraction of sp³-hybridized carbons (Fsp3) is 0.333. The van der Waals surface area contributed by atoms with Crippen LogP contribution in [0.4, 0.5) is 11.4 Å². The van der Waals surface area contributed by atoms with Gasteiger partial charge in [0.25, 0.3) is 0 Å². The van der Waals surface area contributed by atoms with Crippen molar-refractivity contribution in [3.05, 3.63) is 78.3 Å². The zero-order valence-electron chi connectivity index (χ0n) is 19.2. The predicted molar refractivity (Wildman–Crippen MR) is 131 cm³/mol. The third-order valence-electron chi connectivity index (χ3n) is 6.84. The predicted octanol–water partition coefficient (Wildman–Crippen LogP) is 4.97. The number of fused-ring (bicyclic) bond motifs is 1. The maximum atomic E-state index is 13.3. The number of rotatable bonds is 4. The summed E-state index contributed by atoms with van der Waals surface area (Å²) in [7, 11) is 0. The van der Waals surface area contributed by atoms with Gasteiger partial charge < -0.3 is 15.4 Å². The maximum absolute atomic E-state index is 13.3. The highest BCUT2D eigenvalue weighted by Gasteiger charge is 2.41. The van der Waals surface area contributed by atoms with Gasteiger partial charge in [-0.1, -0.05) is 36.9 Å². The lowest BCUT2D eigenvalue weighted by atomic mass is 9.82. The van der Waals surface area contributed by atoms with Crippen LogP contribution in [0.5, 0.6) is 0 Å². The molecule has 2 fully saturated rings. The van der Waals surface area contributed by atoms with Gasteiger partial charge in [-0.15, -0.1) is 0 Å². The lowest BCUT2D eigenvalue weighted by Crippen LogP contribution is -2.57. The van der Waals surface area contributed by atoms with Crippen molar-refractivity contribution in [1.29, 1.82) is 0 Å². The Morgan fingerprint density at radius 1 is 1.18 bits per heavy atom. The van der Waals surface area contributed by atoms with Gasteiger partial charge >= 0.3 is 0 Å². The quantitative estimate of drug-likeness (QED) is 0.597. The first kappa shape index (κ1) is 21.5. The van der Waals surface area contributed by atoms with Crippen molar-refractivity contribution < 1.29 is 9.53 Å². The van der Waals surface area contributed by atoms with E-state index < -0.39 is 5.54 Å². The van der Waals surface area contributed by atoms with Gasteiger partial charge in [-0.2, -0.15) is 0 Å². The molecule has 1 atom stereocenters. The van der Waals surface area contributed by atoms with Crippen molar-refractivity contribution in [2.75, 3.05) is 18.5 Å². The number of hydrogen-bond donors (Lipinski definition) is 2. The summed E-state index contributed by atoms with van der Waals surface area (Å²) >= 11 is 0. The van der Waals surface area contributed by atoms with Crippen molar-refractivity contribution in [2.24, 2.45) is 0 Å². The molecule has 0 unspecified atom stereocenters. The number of hydrogen-bond acceptors (Lipinski definition) is 5. The zero-order valence-corrected chi connectivity index (χ0v) is 19.2. The van der Waals surface area contributed by atoms with Crippen molar-refractivity contribution in [2.45, 2.75) is 44.7 Å². The van der Waals surface area contributed by atoms with Gasteiger partial charge in [0.1, 0.15) is 5.82 Å². The van der Waals surface area contributed by atoms with Gasteiger partial charge in [-0.25, -0.2) is 0 Å². The smallest absolute Gasteiger partial charge is 0.231 e. The van der Waals surface area contributed by atoms with Crippen LogP contribution in [0.2, 0.25) is 0 Å². The molecule has 3 aromatic rings. The highest BCUT2D eigenvalue weighted by Crippen LogP contribution is 2.37. The molecule has 0 saturated carbocycles. The first-order chi connectivity index (χ1) is 15.9. The van der Waals surface area contributed by atoms with Crippen molar-refractivity contribution in [1.82, 2.24) is 15.2 Å². The molecule has 0 radical (unpaired) electrons. The molecule has 33 heavy (non-hydrogen) atoms. The Balaban J connectivity index is 1.41. The average Bonchev–Trinajstić information content (AvgIpc) is 2.80. The van der Waals surface area contributed by atoms with Gasteiger partial charge in [-0.3, -0.25) is 14.7 Å². The van der Waals surface area contributed by atoms with Gasteiger partial charge in [0.15, 0.2) is 0 Å². The van der Waals surface area contributed by atoms with Crippen molar-refractivity contribution in [3.8, 4) is 0 Å². The molecular formula is C27H30N4O2. The van der Waals surface area contributed by atoms with E-state index in [2.05, 4.69) is 60.3 Å². The van der Waals surface area contributed by atoms with E-state index in [4.69, 9.17) is 4.74 Å². The van der Waals surface area contributed by atoms with E-state index >= 15 is 0 Å². The second-order valence-electron chi connectivity index (χ2n) is 9.21. The maximum Gasteiger partial charge on any atom is 0.231 e. The number of pyridine rings is 1. The molecule has 2 saturated heterocycles. The number of anilines is 2. The van der Waals surface area contributed by atoms with Crippen LogP contribution in [0.25, 0.3) is 10.9 Å². The molecule has 2 aromatic carbocycles. The minimum Gasteiger partial charge on any atom is -0.381 e. The Hall–Kier alpha value is -3.38. The van der Waals surface area contributed by atoms with Gasteiger partial charge in [0.2, 0.25) is 5.91 Å². The molecule has 2 N–H and O–H groups in total. The molecular weight excluding hydrogens is 412 g/mol. The molecule has 1 aromatic heterocycles. The van der Waals surface area contributed by atoms with E-state index in [0.717, 1.165) is 46.2 Å². The Morgan fingerprint density at radius 2 is 1.97 bits per heavy atom. The summed E-state index contributed by atoms with van der Waals surface area (Å²) in [6.07, 6.45) is 3.93. The van der Waals surface area contributed by atoms with Crippen LogP contribution in [-0.2, 0) is 15.1 Å².